The number of aryl methyl sites for hydroxylation is 1. The van der Waals surface area contributed by atoms with E-state index in [1.165, 1.54) is 12.8 Å². The number of hydrogen-bond donors (Lipinski definition) is 1. The van der Waals surface area contributed by atoms with Crippen LogP contribution in [0.4, 0.5) is 0 Å². The second-order valence-corrected chi connectivity index (χ2v) is 6.05. The van der Waals surface area contributed by atoms with Crippen LogP contribution < -0.4 is 11.1 Å². The van der Waals surface area contributed by atoms with Gasteiger partial charge in [0.05, 0.1) is 12.6 Å². The van der Waals surface area contributed by atoms with Crippen LogP contribution >= 0.6 is 0 Å². The summed E-state index contributed by atoms with van der Waals surface area (Å²) in [5.74, 6) is 1.03. The first-order chi connectivity index (χ1) is 10.5. The number of nitrogens with one attached hydrogen (secondary N) is 1. The minimum atomic E-state index is -0.678. The highest BCUT2D eigenvalue weighted by molar-refractivity contribution is 5.81. The van der Waals surface area contributed by atoms with Gasteiger partial charge in [0.15, 0.2) is 5.76 Å². The van der Waals surface area contributed by atoms with Gasteiger partial charge < -0.3 is 14.2 Å². The Labute approximate surface area is 130 Å². The molecular weight excluding hydrogens is 284 g/mol. The van der Waals surface area contributed by atoms with E-state index in [2.05, 4.69) is 17.1 Å². The molecule has 0 bridgehead atoms. The molecule has 2 rings (SSSR count). The number of likely N-dealkylation sites (tertiary alicyclic amines) is 1. The molecule has 2 heterocycles. The maximum Gasteiger partial charge on any atom is 0.519 e. The zero-order valence-corrected chi connectivity index (χ0v) is 13.7. The molecule has 1 unspecified atom stereocenters. The average Bonchev–Trinajstić information content (AvgIpc) is 2.69. The van der Waals surface area contributed by atoms with E-state index in [0.29, 0.717) is 24.0 Å². The molecule has 1 amide bonds. The number of hydrogen-bond acceptors (Lipinski definition) is 5. The van der Waals surface area contributed by atoms with E-state index in [9.17, 15) is 9.59 Å². The van der Waals surface area contributed by atoms with Crippen LogP contribution in [-0.4, -0.2) is 30.4 Å². The van der Waals surface area contributed by atoms with E-state index in [4.69, 9.17) is 8.83 Å². The molecule has 1 fully saturated rings. The lowest BCUT2D eigenvalue weighted by Gasteiger charge is -2.27. The highest BCUT2D eigenvalue weighted by Gasteiger charge is 2.30. The van der Waals surface area contributed by atoms with Crippen LogP contribution in [0, 0.1) is 12.8 Å². The summed E-state index contributed by atoms with van der Waals surface area (Å²) in [6, 6.07) is -0.175. The topological polar surface area (TPSA) is 75.7 Å². The standard InChI is InChI=1S/C16H26N2O4/c1-4-5-12-6-7-13(15(19)17-3)18(9-8-12)10-14-11(2)21-16(20)22-14/h12-13H,4-10H2,1-3H3,(H,17,19)/t12?,13-/m0/s1. The fraction of sp³-hybridized carbons (Fsp3) is 0.750. The summed E-state index contributed by atoms with van der Waals surface area (Å²) in [6.45, 7) is 5.18. The Morgan fingerprint density at radius 2 is 2.09 bits per heavy atom. The summed E-state index contributed by atoms with van der Waals surface area (Å²) in [7, 11) is 1.66. The first kappa shape index (κ1) is 16.8. The molecule has 124 valence electrons. The molecule has 0 aliphatic carbocycles. The molecule has 0 spiro atoms. The quantitative estimate of drug-likeness (QED) is 0.901. The van der Waals surface area contributed by atoms with Crippen molar-refractivity contribution < 1.29 is 13.6 Å². The van der Waals surface area contributed by atoms with Gasteiger partial charge in [-0.05, 0) is 38.6 Å². The molecule has 0 saturated carbocycles. The van der Waals surface area contributed by atoms with E-state index in [-0.39, 0.29) is 11.9 Å². The summed E-state index contributed by atoms with van der Waals surface area (Å²) in [6.07, 6.45) is 5.35. The molecule has 1 aliphatic heterocycles. The second kappa shape index (κ2) is 7.63. The first-order valence-corrected chi connectivity index (χ1v) is 8.10. The van der Waals surface area contributed by atoms with Gasteiger partial charge in [0.2, 0.25) is 5.91 Å². The predicted octanol–water partition coefficient (Wildman–Crippen LogP) is 2.06. The van der Waals surface area contributed by atoms with Crippen LogP contribution in [0.3, 0.4) is 0 Å². The maximum atomic E-state index is 12.2. The van der Waals surface area contributed by atoms with Crippen molar-refractivity contribution in [3.63, 3.8) is 0 Å². The molecule has 1 aromatic rings. The molecule has 1 saturated heterocycles. The highest BCUT2D eigenvalue weighted by atomic mass is 16.6. The molecule has 22 heavy (non-hydrogen) atoms. The number of rotatable bonds is 5. The highest BCUT2D eigenvalue weighted by Crippen LogP contribution is 2.27. The van der Waals surface area contributed by atoms with Crippen LogP contribution in [0.2, 0.25) is 0 Å². The molecular formula is C16H26N2O4. The van der Waals surface area contributed by atoms with Crippen molar-refractivity contribution in [2.24, 2.45) is 5.92 Å². The normalized spacial score (nSPS) is 23.2. The summed E-state index contributed by atoms with van der Waals surface area (Å²) in [4.78, 5) is 25.5. The zero-order valence-electron chi connectivity index (χ0n) is 13.7. The van der Waals surface area contributed by atoms with Crippen molar-refractivity contribution >= 4 is 5.91 Å². The summed E-state index contributed by atoms with van der Waals surface area (Å²) < 4.78 is 10.0. The van der Waals surface area contributed by atoms with Gasteiger partial charge in [0.25, 0.3) is 0 Å². The number of likely N-dealkylation sites (N-methyl/N-ethyl adjacent to an activating group) is 1. The van der Waals surface area contributed by atoms with Gasteiger partial charge >= 0.3 is 5.82 Å². The third-order valence-electron chi connectivity index (χ3n) is 4.54. The molecule has 0 radical (unpaired) electrons. The number of nitrogens with zero attached hydrogens (tertiary/aromatic N) is 1. The third-order valence-corrected chi connectivity index (χ3v) is 4.54. The maximum absolute atomic E-state index is 12.2. The fourth-order valence-corrected chi connectivity index (χ4v) is 3.28. The summed E-state index contributed by atoms with van der Waals surface area (Å²) in [5, 5.41) is 2.75. The third kappa shape index (κ3) is 4.00. The Hall–Kier alpha value is -1.56. The van der Waals surface area contributed by atoms with Crippen LogP contribution in [0.25, 0.3) is 0 Å². The molecule has 2 atom stereocenters. The molecule has 6 heteroatoms. The van der Waals surface area contributed by atoms with Crippen LogP contribution in [0.5, 0.6) is 0 Å². The van der Waals surface area contributed by atoms with Gasteiger partial charge in [0, 0.05) is 7.05 Å². The monoisotopic (exact) mass is 310 g/mol. The molecule has 1 aromatic heterocycles. The number of amides is 1. The van der Waals surface area contributed by atoms with Crippen LogP contribution in [0.1, 0.15) is 50.5 Å². The van der Waals surface area contributed by atoms with Crippen molar-refractivity contribution in [1.82, 2.24) is 10.2 Å². The SMILES string of the molecule is CCCC1CC[C@@H](C(=O)NC)N(Cc2oc(=O)oc2C)CC1. The van der Waals surface area contributed by atoms with Crippen molar-refractivity contribution in [2.75, 3.05) is 13.6 Å². The molecule has 6 nitrogen and oxygen atoms in total. The molecule has 1 N–H and O–H groups in total. The van der Waals surface area contributed by atoms with Crippen molar-refractivity contribution in [1.29, 1.82) is 0 Å². The summed E-state index contributed by atoms with van der Waals surface area (Å²) >= 11 is 0. The van der Waals surface area contributed by atoms with Gasteiger partial charge in [-0.15, -0.1) is 0 Å². The molecule has 0 aromatic carbocycles. The summed E-state index contributed by atoms with van der Waals surface area (Å²) in [5.41, 5.74) is 0. The Morgan fingerprint density at radius 1 is 1.32 bits per heavy atom. The lowest BCUT2D eigenvalue weighted by atomic mass is 9.94. The molecule has 1 aliphatic rings. The van der Waals surface area contributed by atoms with Crippen molar-refractivity contribution in [3.8, 4) is 0 Å². The van der Waals surface area contributed by atoms with Crippen molar-refractivity contribution in [3.05, 3.63) is 22.1 Å². The van der Waals surface area contributed by atoms with E-state index in [1.807, 2.05) is 0 Å². The van der Waals surface area contributed by atoms with E-state index < -0.39 is 5.82 Å². The zero-order chi connectivity index (χ0) is 16.1. The Bertz CT molecular complexity index is 549. The van der Waals surface area contributed by atoms with E-state index >= 15 is 0 Å². The predicted molar refractivity (Wildman–Crippen MR) is 82.5 cm³/mol. The Morgan fingerprint density at radius 3 is 2.68 bits per heavy atom. The lowest BCUT2D eigenvalue weighted by molar-refractivity contribution is -0.126. The smallest absolute Gasteiger partial charge is 0.396 e. The lowest BCUT2D eigenvalue weighted by Crippen LogP contribution is -2.45. The van der Waals surface area contributed by atoms with Gasteiger partial charge in [-0.3, -0.25) is 9.69 Å². The number of carbonyl (C=O) groups is 1. The average molecular weight is 310 g/mol. The second-order valence-electron chi connectivity index (χ2n) is 6.05. The number of carbonyl (C=O) groups excluding carboxylic acids is 1. The Kier molecular flexibility index (Phi) is 5.83. The van der Waals surface area contributed by atoms with Crippen molar-refractivity contribution in [2.45, 2.75) is 58.5 Å². The van der Waals surface area contributed by atoms with Crippen LogP contribution in [-0.2, 0) is 11.3 Å². The Balaban J connectivity index is 2.14. The van der Waals surface area contributed by atoms with Gasteiger partial charge in [-0.2, -0.15) is 0 Å². The van der Waals surface area contributed by atoms with Gasteiger partial charge in [-0.1, -0.05) is 19.8 Å². The minimum Gasteiger partial charge on any atom is -0.396 e. The fourth-order valence-electron chi connectivity index (χ4n) is 3.28. The first-order valence-electron chi connectivity index (χ1n) is 8.10. The van der Waals surface area contributed by atoms with E-state index in [1.54, 1.807) is 14.0 Å². The van der Waals surface area contributed by atoms with Gasteiger partial charge in [0.1, 0.15) is 5.76 Å². The largest absolute Gasteiger partial charge is 0.519 e. The van der Waals surface area contributed by atoms with Gasteiger partial charge in [-0.25, -0.2) is 4.79 Å². The van der Waals surface area contributed by atoms with Crippen LogP contribution in [0.15, 0.2) is 13.6 Å². The minimum absolute atomic E-state index is 0.0284. The van der Waals surface area contributed by atoms with E-state index in [0.717, 1.165) is 25.8 Å².